The lowest BCUT2D eigenvalue weighted by Crippen LogP contribution is -2.41. The van der Waals surface area contributed by atoms with Gasteiger partial charge in [-0.1, -0.05) is 29.3 Å². The van der Waals surface area contributed by atoms with Crippen molar-refractivity contribution in [3.63, 3.8) is 0 Å². The van der Waals surface area contributed by atoms with Gasteiger partial charge in [0, 0.05) is 36.6 Å². The zero-order chi connectivity index (χ0) is 17.2. The van der Waals surface area contributed by atoms with E-state index in [9.17, 15) is 8.42 Å². The molecule has 24 heavy (non-hydrogen) atoms. The van der Waals surface area contributed by atoms with Gasteiger partial charge in [0.15, 0.2) is 0 Å². The molecule has 0 bridgehead atoms. The summed E-state index contributed by atoms with van der Waals surface area (Å²) in [6, 6.07) is 8.02. The van der Waals surface area contributed by atoms with Gasteiger partial charge in [0.05, 0.1) is 4.90 Å². The highest BCUT2D eigenvalue weighted by atomic mass is 35.5. The number of benzene rings is 1. The van der Waals surface area contributed by atoms with Crippen molar-refractivity contribution in [1.29, 1.82) is 0 Å². The van der Waals surface area contributed by atoms with E-state index in [-0.39, 0.29) is 11.0 Å². The molecule has 0 unspecified atom stereocenters. The number of ether oxygens (including phenoxy) is 1. The molecular weight excluding hydrogens is 371 g/mol. The van der Waals surface area contributed by atoms with Crippen molar-refractivity contribution in [3.05, 3.63) is 52.8 Å². The molecule has 0 amide bonds. The molecule has 3 rings (SSSR count). The van der Waals surface area contributed by atoms with Gasteiger partial charge in [0.1, 0.15) is 16.9 Å². The summed E-state index contributed by atoms with van der Waals surface area (Å²) in [5.41, 5.74) is 0. The molecule has 0 atom stereocenters. The van der Waals surface area contributed by atoms with Gasteiger partial charge in [-0.2, -0.15) is 4.31 Å². The molecule has 128 valence electrons. The Morgan fingerprint density at radius 2 is 1.92 bits per heavy atom. The van der Waals surface area contributed by atoms with E-state index in [1.54, 1.807) is 30.5 Å². The van der Waals surface area contributed by atoms with Crippen LogP contribution < -0.4 is 4.74 Å². The van der Waals surface area contributed by atoms with Crippen molar-refractivity contribution in [2.75, 3.05) is 13.1 Å². The van der Waals surface area contributed by atoms with E-state index in [0.717, 1.165) is 0 Å². The maximum absolute atomic E-state index is 12.7. The average Bonchev–Trinajstić information content (AvgIpc) is 2.57. The molecule has 5 nitrogen and oxygen atoms in total. The van der Waals surface area contributed by atoms with E-state index in [4.69, 9.17) is 27.9 Å². The van der Waals surface area contributed by atoms with Crippen LogP contribution in [0.25, 0.3) is 0 Å². The minimum absolute atomic E-state index is 0.0734. The molecule has 2 aromatic rings. The first kappa shape index (κ1) is 17.5. The number of hydrogen-bond donors (Lipinski definition) is 0. The van der Waals surface area contributed by atoms with Gasteiger partial charge < -0.3 is 4.74 Å². The minimum Gasteiger partial charge on any atom is -0.489 e. The maximum atomic E-state index is 12.7. The fourth-order valence-corrected chi connectivity index (χ4v) is 4.54. The van der Waals surface area contributed by atoms with Gasteiger partial charge in [-0.15, -0.1) is 0 Å². The Hall–Kier alpha value is -1.34. The molecule has 1 aromatic heterocycles. The van der Waals surface area contributed by atoms with E-state index >= 15 is 0 Å². The Kier molecular flexibility index (Phi) is 5.30. The molecule has 1 aliphatic rings. The molecular formula is C16H16Cl2N2O3S. The first-order valence-electron chi connectivity index (χ1n) is 7.49. The highest BCUT2D eigenvalue weighted by Crippen LogP contribution is 2.28. The highest BCUT2D eigenvalue weighted by Gasteiger charge is 2.30. The standard InChI is InChI=1S/C16H16Cl2N2O3S/c17-12-2-1-3-14(10-12)24(21,22)20-8-5-13(6-9-20)23-16-4-7-19-11-15(16)18/h1-4,7,10-11,13H,5-6,8-9H2. The molecule has 8 heteroatoms. The molecule has 0 aliphatic carbocycles. The Morgan fingerprint density at radius 3 is 2.58 bits per heavy atom. The molecule has 1 aliphatic heterocycles. The predicted molar refractivity (Wildman–Crippen MR) is 93.1 cm³/mol. The first-order chi connectivity index (χ1) is 11.5. The number of sulfonamides is 1. The lowest BCUT2D eigenvalue weighted by Gasteiger charge is -2.31. The van der Waals surface area contributed by atoms with E-state index in [1.807, 2.05) is 0 Å². The monoisotopic (exact) mass is 386 g/mol. The number of piperidine rings is 1. The summed E-state index contributed by atoms with van der Waals surface area (Å²) >= 11 is 11.9. The van der Waals surface area contributed by atoms with Crippen LogP contribution in [0.5, 0.6) is 5.75 Å². The van der Waals surface area contributed by atoms with E-state index in [2.05, 4.69) is 4.98 Å². The van der Waals surface area contributed by atoms with Gasteiger partial charge in [-0.25, -0.2) is 8.42 Å². The van der Waals surface area contributed by atoms with Crippen LogP contribution in [0.15, 0.2) is 47.6 Å². The molecule has 1 saturated heterocycles. The van der Waals surface area contributed by atoms with Crippen molar-refractivity contribution < 1.29 is 13.2 Å². The quantitative estimate of drug-likeness (QED) is 0.804. The summed E-state index contributed by atoms with van der Waals surface area (Å²) in [5, 5.41) is 0.855. The SMILES string of the molecule is O=S(=O)(c1cccc(Cl)c1)N1CCC(Oc2ccncc2Cl)CC1. The Morgan fingerprint density at radius 1 is 1.17 bits per heavy atom. The first-order valence-corrected chi connectivity index (χ1v) is 9.68. The fraction of sp³-hybridized carbons (Fsp3) is 0.312. The molecule has 1 fully saturated rings. The van der Waals surface area contributed by atoms with Crippen LogP contribution in [-0.4, -0.2) is 36.9 Å². The minimum atomic E-state index is -3.53. The van der Waals surface area contributed by atoms with Crippen LogP contribution in [0, 0.1) is 0 Å². The van der Waals surface area contributed by atoms with E-state index in [1.165, 1.54) is 16.6 Å². The zero-order valence-electron chi connectivity index (χ0n) is 12.7. The number of nitrogens with zero attached hydrogens (tertiary/aromatic N) is 2. The number of rotatable bonds is 4. The van der Waals surface area contributed by atoms with Crippen LogP contribution in [0.1, 0.15) is 12.8 Å². The zero-order valence-corrected chi connectivity index (χ0v) is 15.1. The summed E-state index contributed by atoms with van der Waals surface area (Å²) in [6.07, 6.45) is 4.25. The molecule has 0 N–H and O–H groups in total. The van der Waals surface area contributed by atoms with Gasteiger partial charge >= 0.3 is 0 Å². The van der Waals surface area contributed by atoms with E-state index in [0.29, 0.717) is 41.7 Å². The number of hydrogen-bond acceptors (Lipinski definition) is 4. The number of aromatic nitrogens is 1. The lowest BCUT2D eigenvalue weighted by atomic mass is 10.1. The summed E-state index contributed by atoms with van der Waals surface area (Å²) in [6.45, 7) is 0.782. The third-order valence-corrected chi connectivity index (χ3v) is 6.28. The Labute approximate surface area is 151 Å². The predicted octanol–water partition coefficient (Wildman–Crippen LogP) is 3.62. The largest absolute Gasteiger partial charge is 0.489 e. The van der Waals surface area contributed by atoms with Crippen molar-refractivity contribution in [1.82, 2.24) is 9.29 Å². The third-order valence-electron chi connectivity index (χ3n) is 3.86. The number of pyridine rings is 1. The third kappa shape index (κ3) is 3.83. The highest BCUT2D eigenvalue weighted by molar-refractivity contribution is 7.89. The normalized spacial score (nSPS) is 16.9. The summed E-state index contributed by atoms with van der Waals surface area (Å²) in [5.74, 6) is 0.572. The number of halogens is 2. The Balaban J connectivity index is 1.65. The van der Waals surface area contributed by atoms with Crippen LogP contribution in [0.3, 0.4) is 0 Å². The molecule has 0 saturated carbocycles. The fourth-order valence-electron chi connectivity index (χ4n) is 2.60. The maximum Gasteiger partial charge on any atom is 0.243 e. The molecule has 2 heterocycles. The van der Waals surface area contributed by atoms with Crippen molar-refractivity contribution in [2.24, 2.45) is 0 Å². The Bertz CT molecular complexity index is 822. The lowest BCUT2D eigenvalue weighted by molar-refractivity contribution is 0.135. The summed E-state index contributed by atoms with van der Waals surface area (Å²) in [7, 11) is -3.53. The molecule has 1 aromatic carbocycles. The summed E-state index contributed by atoms with van der Waals surface area (Å²) < 4.78 is 32.6. The van der Waals surface area contributed by atoms with Crippen molar-refractivity contribution in [2.45, 2.75) is 23.8 Å². The van der Waals surface area contributed by atoms with E-state index < -0.39 is 10.0 Å². The van der Waals surface area contributed by atoms with Crippen molar-refractivity contribution >= 4 is 33.2 Å². The van der Waals surface area contributed by atoms with Crippen molar-refractivity contribution in [3.8, 4) is 5.75 Å². The summed E-state index contributed by atoms with van der Waals surface area (Å²) in [4.78, 5) is 4.13. The smallest absolute Gasteiger partial charge is 0.243 e. The second-order valence-corrected chi connectivity index (χ2v) is 8.27. The van der Waals surface area contributed by atoms with Crippen LogP contribution in [0.4, 0.5) is 0 Å². The van der Waals surface area contributed by atoms with Gasteiger partial charge in [-0.05, 0) is 31.0 Å². The van der Waals surface area contributed by atoms with Crippen LogP contribution in [0.2, 0.25) is 10.0 Å². The van der Waals surface area contributed by atoms with Crippen LogP contribution in [-0.2, 0) is 10.0 Å². The van der Waals surface area contributed by atoms with Gasteiger partial charge in [0.25, 0.3) is 0 Å². The molecule has 0 radical (unpaired) electrons. The second-order valence-electron chi connectivity index (χ2n) is 5.48. The topological polar surface area (TPSA) is 59.5 Å². The second kappa shape index (κ2) is 7.27. The average molecular weight is 387 g/mol. The van der Waals surface area contributed by atoms with Gasteiger partial charge in [0.2, 0.25) is 10.0 Å². The molecule has 0 spiro atoms. The van der Waals surface area contributed by atoms with Crippen LogP contribution >= 0.6 is 23.2 Å². The van der Waals surface area contributed by atoms with Gasteiger partial charge in [-0.3, -0.25) is 4.98 Å².